The zero-order valence-corrected chi connectivity index (χ0v) is 25.8. The minimum Gasteiger partial charge on any atom is -0.345 e. The molecular weight excluding hydrogens is 604 g/mol. The van der Waals surface area contributed by atoms with Crippen LogP contribution in [0.5, 0.6) is 0 Å². The van der Waals surface area contributed by atoms with E-state index in [0.29, 0.717) is 29.2 Å². The van der Waals surface area contributed by atoms with Crippen LogP contribution in [-0.4, -0.2) is 46.1 Å². The Morgan fingerprint density at radius 2 is 1.67 bits per heavy atom. The van der Waals surface area contributed by atoms with Crippen LogP contribution in [0.2, 0.25) is 0 Å². The van der Waals surface area contributed by atoms with E-state index < -0.39 is 47.3 Å². The molecule has 0 unspecified atom stereocenters. The van der Waals surface area contributed by atoms with Crippen LogP contribution in [0.15, 0.2) is 71.7 Å². The first kappa shape index (κ1) is 33.8. The van der Waals surface area contributed by atoms with Crippen molar-refractivity contribution >= 4 is 23.3 Å². The molecule has 0 bridgehead atoms. The summed E-state index contributed by atoms with van der Waals surface area (Å²) in [6.45, 7) is 4.65. The van der Waals surface area contributed by atoms with Gasteiger partial charge in [-0.05, 0) is 73.0 Å². The maximum absolute atomic E-state index is 14.1. The van der Waals surface area contributed by atoms with Crippen LogP contribution >= 0.6 is 0 Å². The predicted octanol–water partition coefficient (Wildman–Crippen LogP) is 6.34. The molecule has 0 aliphatic rings. The third-order valence-electron chi connectivity index (χ3n) is 7.61. The first-order valence-corrected chi connectivity index (χ1v) is 14.4. The van der Waals surface area contributed by atoms with E-state index in [2.05, 4.69) is 10.3 Å². The van der Waals surface area contributed by atoms with Gasteiger partial charge in [0.25, 0.3) is 11.5 Å². The fourth-order valence-electron chi connectivity index (χ4n) is 4.76. The lowest BCUT2D eigenvalue weighted by atomic mass is 9.97. The topological polar surface area (TPSA) is 101 Å². The van der Waals surface area contributed by atoms with Gasteiger partial charge in [-0.2, -0.15) is 13.2 Å². The summed E-state index contributed by atoms with van der Waals surface area (Å²) < 4.78 is 56.7. The molecule has 0 aliphatic heterocycles. The summed E-state index contributed by atoms with van der Waals surface area (Å²) in [6, 6.07) is 11.9. The first-order chi connectivity index (χ1) is 21.6. The van der Waals surface area contributed by atoms with Crippen LogP contribution < -0.4 is 10.9 Å². The number of hydrogen-bond acceptors (Lipinski definition) is 5. The molecule has 8 nitrogen and oxygen atoms in total. The number of hydrogen-bond donors (Lipinski definition) is 1. The average molecular weight is 637 g/mol. The van der Waals surface area contributed by atoms with Crippen molar-refractivity contribution in [3.8, 4) is 11.4 Å². The Bertz CT molecular complexity index is 1860. The maximum Gasteiger partial charge on any atom is 0.416 e. The van der Waals surface area contributed by atoms with E-state index in [1.807, 2.05) is 0 Å². The summed E-state index contributed by atoms with van der Waals surface area (Å²) in [4.78, 5) is 58.5. The SMILES string of the molecule is CC[C@@H](C)C(=O)Nc1cnc(-c2cccc(C(=O)N(C)C)c2C)n(Cc2cc(C(=O)c3ccc(F)cc3)cc(C(F)(F)F)c2)c1=O. The maximum atomic E-state index is 14.1. The van der Waals surface area contributed by atoms with E-state index in [1.54, 1.807) is 53.1 Å². The van der Waals surface area contributed by atoms with Crippen LogP contribution in [0.4, 0.5) is 23.2 Å². The molecule has 0 saturated heterocycles. The van der Waals surface area contributed by atoms with Gasteiger partial charge < -0.3 is 10.2 Å². The van der Waals surface area contributed by atoms with Crippen LogP contribution in [0.1, 0.15) is 63.2 Å². The lowest BCUT2D eigenvalue weighted by Gasteiger charge is -2.19. The lowest BCUT2D eigenvalue weighted by Crippen LogP contribution is -2.30. The largest absolute Gasteiger partial charge is 0.416 e. The summed E-state index contributed by atoms with van der Waals surface area (Å²) in [6.07, 6.45) is -3.18. The molecular formula is C34H32F4N4O4. The third-order valence-corrected chi connectivity index (χ3v) is 7.61. The van der Waals surface area contributed by atoms with Gasteiger partial charge in [0.05, 0.1) is 18.3 Å². The Morgan fingerprint density at radius 3 is 2.28 bits per heavy atom. The highest BCUT2D eigenvalue weighted by molar-refractivity contribution is 6.09. The number of nitrogens with one attached hydrogen (secondary N) is 1. The smallest absolute Gasteiger partial charge is 0.345 e. The van der Waals surface area contributed by atoms with Crippen LogP contribution in [0, 0.1) is 18.7 Å². The first-order valence-electron chi connectivity index (χ1n) is 14.4. The van der Waals surface area contributed by atoms with Gasteiger partial charge in [0.15, 0.2) is 5.78 Å². The molecule has 0 spiro atoms. The van der Waals surface area contributed by atoms with E-state index in [0.717, 1.165) is 22.8 Å². The van der Waals surface area contributed by atoms with Gasteiger partial charge in [-0.1, -0.05) is 26.0 Å². The summed E-state index contributed by atoms with van der Waals surface area (Å²) in [5.41, 5.74) is -1.34. The van der Waals surface area contributed by atoms with Gasteiger partial charge in [-0.25, -0.2) is 9.37 Å². The molecule has 1 atom stereocenters. The van der Waals surface area contributed by atoms with Crippen molar-refractivity contribution in [2.45, 2.75) is 39.9 Å². The standard InChI is InChI=1S/C34H32F4N4O4/c1-6-19(2)31(44)40-28-17-39-30(26-8-7-9-27(20(26)3)32(45)41(4)5)42(33(28)46)18-21-14-23(16-24(15-21)34(36,37)38)29(43)22-10-12-25(35)13-11-22/h7-17,19H,6,18H2,1-5H3,(H,40,44)/t19-/m1/s1. The summed E-state index contributed by atoms with van der Waals surface area (Å²) in [5.74, 6) is -2.56. The monoisotopic (exact) mass is 636 g/mol. The number of carbonyl (C=O) groups excluding carboxylic acids is 3. The van der Waals surface area contributed by atoms with E-state index >= 15 is 0 Å². The molecule has 46 heavy (non-hydrogen) atoms. The van der Waals surface area contributed by atoms with Gasteiger partial charge in [0.1, 0.15) is 17.3 Å². The molecule has 0 saturated carbocycles. The third kappa shape index (κ3) is 7.22. The minimum absolute atomic E-state index is 0.0288. The number of carbonyl (C=O) groups is 3. The zero-order valence-electron chi connectivity index (χ0n) is 25.8. The molecule has 4 rings (SSSR count). The highest BCUT2D eigenvalue weighted by Crippen LogP contribution is 2.32. The Morgan fingerprint density at radius 1 is 1.00 bits per heavy atom. The molecule has 1 aromatic heterocycles. The number of halogens is 4. The molecule has 0 fully saturated rings. The summed E-state index contributed by atoms with van der Waals surface area (Å²) >= 11 is 0. The Labute approximate surface area is 262 Å². The van der Waals surface area contributed by atoms with Crippen molar-refractivity contribution < 1.29 is 31.9 Å². The number of alkyl halides is 3. The molecule has 3 aromatic carbocycles. The summed E-state index contributed by atoms with van der Waals surface area (Å²) in [7, 11) is 3.16. The Balaban J connectivity index is 1.93. The molecule has 0 aliphatic carbocycles. The molecule has 4 aromatic rings. The normalized spacial score (nSPS) is 12.0. The van der Waals surface area contributed by atoms with Crippen molar-refractivity contribution in [3.05, 3.63) is 116 Å². The van der Waals surface area contributed by atoms with E-state index in [9.17, 15) is 36.7 Å². The predicted molar refractivity (Wildman–Crippen MR) is 165 cm³/mol. The van der Waals surface area contributed by atoms with Crippen molar-refractivity contribution in [2.24, 2.45) is 5.92 Å². The summed E-state index contributed by atoms with van der Waals surface area (Å²) in [5, 5.41) is 2.56. The van der Waals surface area contributed by atoms with Crippen molar-refractivity contribution in [3.63, 3.8) is 0 Å². The quantitative estimate of drug-likeness (QED) is 0.171. The highest BCUT2D eigenvalue weighted by atomic mass is 19.4. The van der Waals surface area contributed by atoms with Gasteiger partial charge in [-0.3, -0.25) is 23.7 Å². The van der Waals surface area contributed by atoms with Crippen molar-refractivity contribution in [1.29, 1.82) is 0 Å². The van der Waals surface area contributed by atoms with Gasteiger partial charge in [-0.15, -0.1) is 0 Å². The van der Waals surface area contributed by atoms with Crippen LogP contribution in [-0.2, 0) is 17.5 Å². The van der Waals surface area contributed by atoms with Crippen LogP contribution in [0.25, 0.3) is 11.4 Å². The molecule has 1 heterocycles. The van der Waals surface area contributed by atoms with Crippen molar-refractivity contribution in [1.82, 2.24) is 14.5 Å². The van der Waals surface area contributed by atoms with E-state index in [-0.39, 0.29) is 34.1 Å². The Hall–Kier alpha value is -5.13. The molecule has 240 valence electrons. The second-order valence-electron chi connectivity index (χ2n) is 11.1. The number of ketones is 1. The van der Waals surface area contributed by atoms with Gasteiger partial charge >= 0.3 is 6.18 Å². The second kappa shape index (κ2) is 13.5. The molecule has 12 heteroatoms. The minimum atomic E-state index is -4.84. The van der Waals surface area contributed by atoms with Gasteiger partial charge in [0, 0.05) is 42.3 Å². The molecule has 1 N–H and O–H groups in total. The second-order valence-corrected chi connectivity index (χ2v) is 11.1. The van der Waals surface area contributed by atoms with E-state index in [4.69, 9.17) is 0 Å². The van der Waals surface area contributed by atoms with Crippen LogP contribution in [0.3, 0.4) is 0 Å². The number of rotatable bonds is 9. The Kier molecular flexibility index (Phi) is 9.89. The molecule has 0 radical (unpaired) electrons. The zero-order chi connectivity index (χ0) is 33.9. The van der Waals surface area contributed by atoms with Gasteiger partial charge in [0.2, 0.25) is 5.91 Å². The highest BCUT2D eigenvalue weighted by Gasteiger charge is 2.32. The molecule has 2 amide bonds. The lowest BCUT2D eigenvalue weighted by molar-refractivity contribution is -0.137. The number of amides is 2. The fraction of sp³-hybridized carbons (Fsp3) is 0.265. The number of nitrogens with zero attached hydrogens (tertiary/aromatic N) is 3. The fourth-order valence-corrected chi connectivity index (χ4v) is 4.76. The number of aromatic nitrogens is 2. The number of benzene rings is 3. The van der Waals surface area contributed by atoms with Crippen molar-refractivity contribution in [2.75, 3.05) is 19.4 Å². The van der Waals surface area contributed by atoms with E-state index in [1.165, 1.54) is 29.3 Å². The average Bonchev–Trinajstić information content (AvgIpc) is 3.02. The number of anilines is 1.